The Kier molecular flexibility index (Phi) is 6.18. The van der Waals surface area contributed by atoms with Crippen LogP contribution in [-0.4, -0.2) is 33.5 Å². The van der Waals surface area contributed by atoms with Gasteiger partial charge in [0.1, 0.15) is 5.75 Å². The number of ether oxygens (including phenoxy) is 1. The van der Waals surface area contributed by atoms with E-state index >= 15 is 0 Å². The number of rotatable bonds is 7. The van der Waals surface area contributed by atoms with Crippen molar-refractivity contribution in [3.63, 3.8) is 0 Å². The molecule has 0 radical (unpaired) electrons. The van der Waals surface area contributed by atoms with Crippen LogP contribution in [0.2, 0.25) is 0 Å². The van der Waals surface area contributed by atoms with Crippen LogP contribution in [0.15, 0.2) is 34.8 Å². The van der Waals surface area contributed by atoms with Gasteiger partial charge in [-0.05, 0) is 38.5 Å². The number of amides is 1. The van der Waals surface area contributed by atoms with E-state index < -0.39 is 0 Å². The standard InChI is InChI=1S/C19H22N4O2S2/c1-5-23-18(14-10-26-13(3)12(14)2)21-22-19(23)27-11-17(24)20-15-8-6-7-9-16(15)25-4/h6-10H,5,11H2,1-4H3,(H,20,24). The minimum atomic E-state index is -0.112. The van der Waals surface area contributed by atoms with Crippen molar-refractivity contribution in [3.8, 4) is 17.1 Å². The SMILES string of the molecule is CCn1c(SCC(=O)Nc2ccccc2OC)nnc1-c1csc(C)c1C. The first kappa shape index (κ1) is 19.4. The van der Waals surface area contributed by atoms with Crippen molar-refractivity contribution in [1.82, 2.24) is 14.8 Å². The van der Waals surface area contributed by atoms with Crippen LogP contribution in [0.25, 0.3) is 11.4 Å². The summed E-state index contributed by atoms with van der Waals surface area (Å²) in [6.45, 7) is 7.00. The fraction of sp³-hybridized carbons (Fsp3) is 0.316. The highest BCUT2D eigenvalue weighted by Crippen LogP contribution is 2.31. The van der Waals surface area contributed by atoms with Gasteiger partial charge in [0.2, 0.25) is 5.91 Å². The molecular formula is C19H22N4O2S2. The molecule has 8 heteroatoms. The van der Waals surface area contributed by atoms with Gasteiger partial charge in [0.15, 0.2) is 11.0 Å². The summed E-state index contributed by atoms with van der Waals surface area (Å²) in [6.07, 6.45) is 0. The Morgan fingerprint density at radius 2 is 2.07 bits per heavy atom. The van der Waals surface area contributed by atoms with Crippen molar-refractivity contribution >= 4 is 34.7 Å². The number of hydrogen-bond donors (Lipinski definition) is 1. The molecule has 0 saturated carbocycles. The van der Waals surface area contributed by atoms with E-state index in [2.05, 4.69) is 46.2 Å². The predicted molar refractivity (Wildman–Crippen MR) is 111 cm³/mol. The van der Waals surface area contributed by atoms with Crippen LogP contribution in [-0.2, 0) is 11.3 Å². The molecule has 0 fully saturated rings. The van der Waals surface area contributed by atoms with Gasteiger partial charge >= 0.3 is 0 Å². The summed E-state index contributed by atoms with van der Waals surface area (Å²) in [4.78, 5) is 13.6. The van der Waals surface area contributed by atoms with Crippen molar-refractivity contribution in [1.29, 1.82) is 0 Å². The fourth-order valence-corrected chi connectivity index (χ4v) is 4.34. The maximum Gasteiger partial charge on any atom is 0.234 e. The molecule has 27 heavy (non-hydrogen) atoms. The highest BCUT2D eigenvalue weighted by atomic mass is 32.2. The van der Waals surface area contributed by atoms with E-state index in [-0.39, 0.29) is 11.7 Å². The molecule has 0 aliphatic rings. The van der Waals surface area contributed by atoms with Crippen LogP contribution in [0.5, 0.6) is 5.75 Å². The topological polar surface area (TPSA) is 69.0 Å². The average molecular weight is 403 g/mol. The maximum atomic E-state index is 12.3. The molecule has 0 saturated heterocycles. The Morgan fingerprint density at radius 1 is 1.30 bits per heavy atom. The van der Waals surface area contributed by atoms with E-state index in [1.165, 1.54) is 22.2 Å². The number of thiophene rings is 1. The van der Waals surface area contributed by atoms with Gasteiger partial charge in [-0.2, -0.15) is 0 Å². The number of para-hydroxylation sites is 2. The molecule has 1 amide bonds. The first-order valence-corrected chi connectivity index (χ1v) is 10.5. The van der Waals surface area contributed by atoms with E-state index in [4.69, 9.17) is 4.74 Å². The molecule has 0 bridgehead atoms. The lowest BCUT2D eigenvalue weighted by atomic mass is 10.1. The third-order valence-electron chi connectivity index (χ3n) is 4.27. The van der Waals surface area contributed by atoms with Gasteiger partial charge < -0.3 is 14.6 Å². The summed E-state index contributed by atoms with van der Waals surface area (Å²) < 4.78 is 7.32. The van der Waals surface area contributed by atoms with Crippen LogP contribution in [0.4, 0.5) is 5.69 Å². The van der Waals surface area contributed by atoms with E-state index in [9.17, 15) is 4.79 Å². The molecule has 0 aliphatic carbocycles. The number of carbonyl (C=O) groups excluding carboxylic acids is 1. The third-order valence-corrected chi connectivity index (χ3v) is 6.25. The predicted octanol–water partition coefficient (Wildman–Crippen LogP) is 4.38. The number of carbonyl (C=O) groups is 1. The molecule has 0 spiro atoms. The highest BCUT2D eigenvalue weighted by molar-refractivity contribution is 7.99. The van der Waals surface area contributed by atoms with Gasteiger partial charge in [-0.15, -0.1) is 21.5 Å². The normalized spacial score (nSPS) is 10.8. The van der Waals surface area contributed by atoms with Gasteiger partial charge in [0.05, 0.1) is 18.6 Å². The molecule has 1 aromatic carbocycles. The van der Waals surface area contributed by atoms with Gasteiger partial charge in [-0.25, -0.2) is 0 Å². The number of nitrogens with zero attached hydrogens (tertiary/aromatic N) is 3. The molecular weight excluding hydrogens is 380 g/mol. The van der Waals surface area contributed by atoms with Gasteiger partial charge in [-0.3, -0.25) is 4.79 Å². The summed E-state index contributed by atoms with van der Waals surface area (Å²) in [5.41, 5.74) is 3.00. The minimum Gasteiger partial charge on any atom is -0.495 e. The first-order valence-electron chi connectivity index (χ1n) is 8.59. The third kappa shape index (κ3) is 4.17. The van der Waals surface area contributed by atoms with Gasteiger partial charge in [0, 0.05) is 22.4 Å². The molecule has 3 rings (SSSR count). The Hall–Kier alpha value is -2.32. The zero-order valence-electron chi connectivity index (χ0n) is 15.8. The van der Waals surface area contributed by atoms with Gasteiger partial charge in [0.25, 0.3) is 0 Å². The largest absolute Gasteiger partial charge is 0.495 e. The van der Waals surface area contributed by atoms with E-state index in [1.54, 1.807) is 18.4 Å². The number of benzene rings is 1. The molecule has 2 aromatic heterocycles. The van der Waals surface area contributed by atoms with Crippen molar-refractivity contribution in [2.75, 3.05) is 18.2 Å². The Balaban J connectivity index is 1.71. The zero-order chi connectivity index (χ0) is 19.4. The number of methoxy groups -OCH3 is 1. The number of thioether (sulfide) groups is 1. The van der Waals surface area contributed by atoms with Crippen molar-refractivity contribution in [3.05, 3.63) is 40.1 Å². The average Bonchev–Trinajstić information content (AvgIpc) is 3.23. The molecule has 142 valence electrons. The minimum absolute atomic E-state index is 0.112. The lowest BCUT2D eigenvalue weighted by Gasteiger charge is -2.10. The molecule has 6 nitrogen and oxygen atoms in total. The van der Waals surface area contributed by atoms with E-state index in [1.807, 2.05) is 24.3 Å². The molecule has 2 heterocycles. The number of nitrogens with one attached hydrogen (secondary N) is 1. The fourth-order valence-electron chi connectivity index (χ4n) is 2.68. The molecule has 0 atom stereocenters. The number of aryl methyl sites for hydroxylation is 1. The Labute approximate surface area is 167 Å². The highest BCUT2D eigenvalue weighted by Gasteiger charge is 2.18. The lowest BCUT2D eigenvalue weighted by molar-refractivity contribution is -0.113. The maximum absolute atomic E-state index is 12.3. The van der Waals surface area contributed by atoms with Crippen molar-refractivity contribution in [2.24, 2.45) is 0 Å². The van der Waals surface area contributed by atoms with Crippen LogP contribution in [0.1, 0.15) is 17.4 Å². The Bertz CT molecular complexity index is 949. The number of anilines is 1. The van der Waals surface area contributed by atoms with Crippen LogP contribution in [0, 0.1) is 13.8 Å². The zero-order valence-corrected chi connectivity index (χ0v) is 17.4. The number of hydrogen-bond acceptors (Lipinski definition) is 6. The summed E-state index contributed by atoms with van der Waals surface area (Å²) >= 11 is 3.09. The van der Waals surface area contributed by atoms with Crippen molar-refractivity contribution in [2.45, 2.75) is 32.5 Å². The van der Waals surface area contributed by atoms with Crippen molar-refractivity contribution < 1.29 is 9.53 Å². The summed E-state index contributed by atoms with van der Waals surface area (Å²) in [5.74, 6) is 1.63. The molecule has 0 unspecified atom stereocenters. The Morgan fingerprint density at radius 3 is 2.74 bits per heavy atom. The molecule has 1 N–H and O–H groups in total. The summed E-state index contributed by atoms with van der Waals surface area (Å²) in [5, 5.41) is 14.4. The van der Waals surface area contributed by atoms with Crippen LogP contribution >= 0.6 is 23.1 Å². The lowest BCUT2D eigenvalue weighted by Crippen LogP contribution is -2.15. The second-order valence-corrected chi connectivity index (χ2v) is 7.94. The van der Waals surface area contributed by atoms with E-state index in [0.29, 0.717) is 11.4 Å². The molecule has 3 aromatic rings. The quantitative estimate of drug-likeness (QED) is 0.594. The second-order valence-electron chi connectivity index (χ2n) is 5.92. The smallest absolute Gasteiger partial charge is 0.234 e. The first-order chi connectivity index (χ1) is 13.0. The summed E-state index contributed by atoms with van der Waals surface area (Å²) in [6, 6.07) is 7.35. The number of aromatic nitrogens is 3. The van der Waals surface area contributed by atoms with Gasteiger partial charge in [-0.1, -0.05) is 23.9 Å². The van der Waals surface area contributed by atoms with Crippen LogP contribution < -0.4 is 10.1 Å². The monoisotopic (exact) mass is 402 g/mol. The van der Waals surface area contributed by atoms with E-state index in [0.717, 1.165) is 23.1 Å². The van der Waals surface area contributed by atoms with Crippen LogP contribution in [0.3, 0.4) is 0 Å². The second kappa shape index (κ2) is 8.58. The molecule has 0 aliphatic heterocycles. The summed E-state index contributed by atoms with van der Waals surface area (Å²) in [7, 11) is 1.58.